The van der Waals surface area contributed by atoms with Crippen molar-refractivity contribution >= 4 is 17.4 Å². The first-order valence-corrected chi connectivity index (χ1v) is 7.23. The quantitative estimate of drug-likeness (QED) is 0.625. The third-order valence-electron chi connectivity index (χ3n) is 3.51. The summed E-state index contributed by atoms with van der Waals surface area (Å²) in [5.41, 5.74) is 1.94. The molecule has 0 aliphatic rings. The molecule has 8 nitrogen and oxygen atoms in total. The van der Waals surface area contributed by atoms with Crippen LogP contribution in [-0.4, -0.2) is 27.7 Å². The lowest BCUT2D eigenvalue weighted by molar-refractivity contribution is -0.384. The topological polar surface area (TPSA) is 102 Å². The molecule has 1 aromatic carbocycles. The summed E-state index contributed by atoms with van der Waals surface area (Å²) < 4.78 is 1.48. The van der Waals surface area contributed by atoms with Gasteiger partial charge in [-0.25, -0.2) is 4.68 Å². The fraction of sp³-hybridized carbons (Fsp3) is 0.333. The average Bonchev–Trinajstić information content (AvgIpc) is 2.88. The number of hydrogen-bond donors (Lipinski definition) is 2. The van der Waals surface area contributed by atoms with E-state index in [1.807, 2.05) is 6.92 Å². The first kappa shape index (κ1) is 16.5. The average molecular weight is 317 g/mol. The molecule has 1 aromatic heterocycles. The number of nitrogens with zero attached hydrogens (tertiary/aromatic N) is 3. The second kappa shape index (κ2) is 6.91. The van der Waals surface area contributed by atoms with E-state index in [-0.39, 0.29) is 11.6 Å². The van der Waals surface area contributed by atoms with Gasteiger partial charge >= 0.3 is 5.69 Å². The Labute approximate surface area is 133 Å². The highest BCUT2D eigenvalue weighted by Crippen LogP contribution is 2.28. The summed E-state index contributed by atoms with van der Waals surface area (Å²) in [6.07, 6.45) is 0.493. The van der Waals surface area contributed by atoms with Gasteiger partial charge in [0.2, 0.25) is 5.82 Å². The molecule has 8 heteroatoms. The number of rotatable bonds is 6. The molecular weight excluding hydrogens is 298 g/mol. The van der Waals surface area contributed by atoms with Crippen LogP contribution in [0.25, 0.3) is 0 Å². The van der Waals surface area contributed by atoms with Crippen LogP contribution in [0.5, 0.6) is 0 Å². The van der Waals surface area contributed by atoms with Gasteiger partial charge in [-0.15, -0.1) is 0 Å². The second-order valence-electron chi connectivity index (χ2n) is 5.01. The number of nitro groups is 1. The van der Waals surface area contributed by atoms with E-state index in [2.05, 4.69) is 15.7 Å². The molecule has 2 N–H and O–H groups in total. The van der Waals surface area contributed by atoms with Gasteiger partial charge in [-0.1, -0.05) is 19.1 Å². The summed E-state index contributed by atoms with van der Waals surface area (Å²) in [5, 5.41) is 21.0. The Bertz CT molecular complexity index is 721. The summed E-state index contributed by atoms with van der Waals surface area (Å²) in [5.74, 6) is 0.224. The molecule has 0 bridgehead atoms. The number of hydrogen-bond acceptors (Lipinski definition) is 5. The Morgan fingerprint density at radius 2 is 2.00 bits per heavy atom. The maximum atomic E-state index is 11.5. The lowest BCUT2D eigenvalue weighted by atomic mass is 10.1. The summed E-state index contributed by atoms with van der Waals surface area (Å²) in [4.78, 5) is 22.3. The molecule has 0 spiro atoms. The van der Waals surface area contributed by atoms with E-state index in [9.17, 15) is 14.9 Å². The molecule has 0 aliphatic heterocycles. The Kier molecular flexibility index (Phi) is 4.95. The van der Waals surface area contributed by atoms with Crippen LogP contribution < -0.4 is 10.6 Å². The molecule has 2 rings (SSSR count). The Morgan fingerprint density at radius 1 is 1.35 bits per heavy atom. The number of anilines is 1. The van der Waals surface area contributed by atoms with Gasteiger partial charge in [0.15, 0.2) is 0 Å². The standard InChI is InChI=1S/C15H19N5O3/c1-4-12-13(20(22)23)14(19(3)18-12)17-9-10-5-7-11(8-6-10)15(21)16-2/h5-8,17H,4,9H2,1-3H3,(H,16,21). The van der Waals surface area contributed by atoms with Crippen LogP contribution in [0.4, 0.5) is 11.5 Å². The van der Waals surface area contributed by atoms with Crippen molar-refractivity contribution in [3.63, 3.8) is 0 Å². The number of aryl methyl sites for hydroxylation is 2. The van der Waals surface area contributed by atoms with Crippen LogP contribution in [0.3, 0.4) is 0 Å². The highest BCUT2D eigenvalue weighted by Gasteiger charge is 2.25. The number of carbonyl (C=O) groups is 1. The lowest BCUT2D eigenvalue weighted by Crippen LogP contribution is -2.17. The monoisotopic (exact) mass is 317 g/mol. The van der Waals surface area contributed by atoms with E-state index in [0.717, 1.165) is 5.56 Å². The molecule has 0 radical (unpaired) electrons. The third kappa shape index (κ3) is 3.47. The Hall–Kier alpha value is -2.90. The number of aromatic nitrogens is 2. The molecule has 0 atom stereocenters. The third-order valence-corrected chi connectivity index (χ3v) is 3.51. The maximum Gasteiger partial charge on any atom is 0.333 e. The fourth-order valence-corrected chi connectivity index (χ4v) is 2.30. The van der Waals surface area contributed by atoms with Crippen molar-refractivity contribution in [2.45, 2.75) is 19.9 Å². The van der Waals surface area contributed by atoms with Crippen LogP contribution in [-0.2, 0) is 20.0 Å². The summed E-state index contributed by atoms with van der Waals surface area (Å²) >= 11 is 0. The van der Waals surface area contributed by atoms with Crippen molar-refractivity contribution in [2.24, 2.45) is 7.05 Å². The summed E-state index contributed by atoms with van der Waals surface area (Å²) in [6.45, 7) is 2.23. The highest BCUT2D eigenvalue weighted by atomic mass is 16.6. The molecular formula is C15H19N5O3. The van der Waals surface area contributed by atoms with Gasteiger partial charge in [-0.2, -0.15) is 5.10 Å². The zero-order valence-corrected chi connectivity index (χ0v) is 13.3. The molecule has 0 fully saturated rings. The minimum Gasteiger partial charge on any atom is -0.360 e. The SMILES string of the molecule is CCc1nn(C)c(NCc2ccc(C(=O)NC)cc2)c1[N+](=O)[O-]. The normalized spacial score (nSPS) is 10.4. The van der Waals surface area contributed by atoms with Crippen molar-refractivity contribution < 1.29 is 9.72 Å². The van der Waals surface area contributed by atoms with Crippen LogP contribution in [0, 0.1) is 10.1 Å². The van der Waals surface area contributed by atoms with Gasteiger partial charge in [-0.3, -0.25) is 14.9 Å². The smallest absolute Gasteiger partial charge is 0.333 e. The van der Waals surface area contributed by atoms with E-state index in [1.165, 1.54) is 4.68 Å². The van der Waals surface area contributed by atoms with Crippen LogP contribution in [0.1, 0.15) is 28.5 Å². The first-order valence-electron chi connectivity index (χ1n) is 7.23. The van der Waals surface area contributed by atoms with Gasteiger partial charge in [0.25, 0.3) is 5.91 Å². The number of carbonyl (C=O) groups excluding carboxylic acids is 1. The highest BCUT2D eigenvalue weighted by molar-refractivity contribution is 5.93. The van der Waals surface area contributed by atoms with E-state index < -0.39 is 4.92 Å². The van der Waals surface area contributed by atoms with E-state index >= 15 is 0 Å². The second-order valence-corrected chi connectivity index (χ2v) is 5.01. The Morgan fingerprint density at radius 3 is 2.52 bits per heavy atom. The van der Waals surface area contributed by atoms with Crippen LogP contribution in [0.2, 0.25) is 0 Å². The zero-order chi connectivity index (χ0) is 17.0. The van der Waals surface area contributed by atoms with Crippen LogP contribution >= 0.6 is 0 Å². The van der Waals surface area contributed by atoms with E-state index in [4.69, 9.17) is 0 Å². The van der Waals surface area contributed by atoms with Gasteiger partial charge < -0.3 is 10.6 Å². The Balaban J connectivity index is 2.16. The minimum absolute atomic E-state index is 0.0111. The largest absolute Gasteiger partial charge is 0.360 e. The van der Waals surface area contributed by atoms with Crippen molar-refractivity contribution in [1.82, 2.24) is 15.1 Å². The lowest BCUT2D eigenvalue weighted by Gasteiger charge is -2.07. The summed E-state index contributed by atoms with van der Waals surface area (Å²) in [7, 11) is 3.24. The van der Waals surface area contributed by atoms with Crippen LogP contribution in [0.15, 0.2) is 24.3 Å². The molecule has 2 aromatic rings. The van der Waals surface area contributed by atoms with Crippen molar-refractivity contribution in [1.29, 1.82) is 0 Å². The van der Waals surface area contributed by atoms with Crippen molar-refractivity contribution in [2.75, 3.05) is 12.4 Å². The number of benzene rings is 1. The maximum absolute atomic E-state index is 11.5. The molecule has 122 valence electrons. The molecule has 23 heavy (non-hydrogen) atoms. The molecule has 0 saturated heterocycles. The van der Waals surface area contributed by atoms with Gasteiger partial charge in [0.05, 0.1) is 4.92 Å². The summed E-state index contributed by atoms with van der Waals surface area (Å²) in [6, 6.07) is 7.04. The predicted octanol–water partition coefficient (Wildman–Crippen LogP) is 1.86. The van der Waals surface area contributed by atoms with Gasteiger partial charge in [0, 0.05) is 26.2 Å². The molecule has 1 amide bonds. The van der Waals surface area contributed by atoms with Crippen molar-refractivity contribution in [3.05, 3.63) is 51.2 Å². The minimum atomic E-state index is -0.414. The predicted molar refractivity (Wildman–Crippen MR) is 86.4 cm³/mol. The number of nitrogens with one attached hydrogen (secondary N) is 2. The number of amides is 1. The molecule has 0 aliphatic carbocycles. The fourth-order valence-electron chi connectivity index (χ4n) is 2.30. The molecule has 1 heterocycles. The zero-order valence-electron chi connectivity index (χ0n) is 13.3. The molecule has 0 unspecified atom stereocenters. The van der Waals surface area contributed by atoms with Crippen molar-refractivity contribution in [3.8, 4) is 0 Å². The van der Waals surface area contributed by atoms with E-state index in [1.54, 1.807) is 38.4 Å². The molecule has 0 saturated carbocycles. The van der Waals surface area contributed by atoms with Gasteiger partial charge in [-0.05, 0) is 24.1 Å². The van der Waals surface area contributed by atoms with Gasteiger partial charge in [0.1, 0.15) is 5.69 Å². The van der Waals surface area contributed by atoms with E-state index in [0.29, 0.717) is 30.0 Å². The first-order chi connectivity index (χ1) is 11.0.